The third kappa shape index (κ3) is 21.1. The fraction of sp³-hybridized carbons (Fsp3) is 0.909. The fourth-order valence-corrected chi connectivity index (χ4v) is 3.16. The Bertz CT molecular complexity index is 331. The smallest absolute Gasteiger partial charge is 0.303 e. The number of Topliss-reactive ketones (excluding diaryl/α,β-unsaturated/α-hetero) is 1. The highest BCUT2D eigenvalue weighted by atomic mass is 16.4. The first-order valence-electron chi connectivity index (χ1n) is 11.1. The van der Waals surface area contributed by atoms with Gasteiger partial charge in [-0.1, -0.05) is 77.6 Å². The molecule has 0 amide bonds. The number of unbranched alkanes of at least 4 members (excludes halogenated alkanes) is 12. The van der Waals surface area contributed by atoms with E-state index in [4.69, 9.17) is 5.11 Å². The van der Waals surface area contributed by atoms with Crippen LogP contribution in [0, 0.1) is 0 Å². The summed E-state index contributed by atoms with van der Waals surface area (Å²) in [6.07, 6.45) is 18.6. The van der Waals surface area contributed by atoms with Crippen LogP contribution < -0.4 is 5.32 Å². The molecule has 0 fully saturated rings. The van der Waals surface area contributed by atoms with Gasteiger partial charge in [0.15, 0.2) is 0 Å². The van der Waals surface area contributed by atoms with Crippen LogP contribution in [-0.4, -0.2) is 29.9 Å². The van der Waals surface area contributed by atoms with Crippen molar-refractivity contribution in [1.82, 2.24) is 5.32 Å². The molecule has 26 heavy (non-hydrogen) atoms. The Morgan fingerprint density at radius 1 is 0.615 bits per heavy atom. The minimum absolute atomic E-state index is 0.0220. The summed E-state index contributed by atoms with van der Waals surface area (Å²) in [4.78, 5) is 21.8. The number of hydrogen-bond donors (Lipinski definition) is 2. The fourth-order valence-electron chi connectivity index (χ4n) is 3.16. The zero-order chi connectivity index (χ0) is 19.3. The number of hydrogen-bond acceptors (Lipinski definition) is 3. The standard InChI is InChI=1S/C22H43NO3/c1-2-3-4-5-8-11-14-19-23-20-15-12-9-6-7-10-13-16-21(24)17-18-22(25)26/h23H,2-20H2,1H3,(H,25,26). The molecule has 0 heterocycles. The van der Waals surface area contributed by atoms with Crippen molar-refractivity contribution in [2.75, 3.05) is 13.1 Å². The van der Waals surface area contributed by atoms with Gasteiger partial charge in [-0.15, -0.1) is 0 Å². The van der Waals surface area contributed by atoms with Crippen molar-refractivity contribution in [3.63, 3.8) is 0 Å². The van der Waals surface area contributed by atoms with Gasteiger partial charge in [0, 0.05) is 12.8 Å². The van der Waals surface area contributed by atoms with Crippen LogP contribution in [0.1, 0.15) is 116 Å². The lowest BCUT2D eigenvalue weighted by molar-refractivity contribution is -0.138. The lowest BCUT2D eigenvalue weighted by Crippen LogP contribution is -2.16. The quantitative estimate of drug-likeness (QED) is 0.248. The highest BCUT2D eigenvalue weighted by Crippen LogP contribution is 2.10. The molecule has 0 aromatic carbocycles. The first-order valence-corrected chi connectivity index (χ1v) is 11.1. The Morgan fingerprint density at radius 2 is 1.08 bits per heavy atom. The normalized spacial score (nSPS) is 11.0. The van der Waals surface area contributed by atoms with Crippen LogP contribution in [0.15, 0.2) is 0 Å². The number of ketones is 1. The Kier molecular flexibility index (Phi) is 19.7. The maximum absolute atomic E-state index is 11.4. The molecule has 0 aliphatic rings. The van der Waals surface area contributed by atoms with E-state index in [1.54, 1.807) is 0 Å². The van der Waals surface area contributed by atoms with E-state index >= 15 is 0 Å². The van der Waals surface area contributed by atoms with Crippen molar-refractivity contribution in [2.24, 2.45) is 0 Å². The Labute approximate surface area is 161 Å². The van der Waals surface area contributed by atoms with Crippen LogP contribution in [0.4, 0.5) is 0 Å². The zero-order valence-corrected chi connectivity index (χ0v) is 17.2. The molecule has 0 aliphatic carbocycles. The summed E-state index contributed by atoms with van der Waals surface area (Å²) in [6.45, 7) is 4.58. The molecule has 0 rings (SSSR count). The molecule has 0 bridgehead atoms. The molecule has 0 aromatic rings. The van der Waals surface area contributed by atoms with Crippen LogP contribution in [0.3, 0.4) is 0 Å². The van der Waals surface area contributed by atoms with E-state index in [2.05, 4.69) is 12.2 Å². The highest BCUT2D eigenvalue weighted by Gasteiger charge is 2.05. The van der Waals surface area contributed by atoms with Crippen LogP contribution >= 0.6 is 0 Å². The molecule has 0 saturated heterocycles. The van der Waals surface area contributed by atoms with Gasteiger partial charge in [-0.2, -0.15) is 0 Å². The maximum Gasteiger partial charge on any atom is 0.303 e. The first kappa shape index (κ1) is 25.1. The molecule has 154 valence electrons. The first-order chi connectivity index (χ1) is 12.7. The Balaban J connectivity index is 3.09. The van der Waals surface area contributed by atoms with Gasteiger partial charge in [-0.3, -0.25) is 9.59 Å². The van der Waals surface area contributed by atoms with Crippen molar-refractivity contribution in [3.05, 3.63) is 0 Å². The lowest BCUT2D eigenvalue weighted by Gasteiger charge is -2.05. The van der Waals surface area contributed by atoms with Crippen molar-refractivity contribution in [2.45, 2.75) is 116 Å². The second-order valence-electron chi connectivity index (χ2n) is 7.53. The van der Waals surface area contributed by atoms with E-state index in [0.29, 0.717) is 6.42 Å². The molecule has 0 aliphatic heterocycles. The summed E-state index contributed by atoms with van der Waals surface area (Å²) in [5.41, 5.74) is 0. The van der Waals surface area contributed by atoms with Gasteiger partial charge in [0.2, 0.25) is 0 Å². The summed E-state index contributed by atoms with van der Waals surface area (Å²) in [5.74, 6) is -0.783. The molecule has 0 atom stereocenters. The van der Waals surface area contributed by atoms with Crippen molar-refractivity contribution in [1.29, 1.82) is 0 Å². The number of carboxylic acid groups (broad SMARTS) is 1. The third-order valence-corrected chi connectivity index (χ3v) is 4.88. The third-order valence-electron chi connectivity index (χ3n) is 4.88. The minimum atomic E-state index is -0.879. The highest BCUT2D eigenvalue weighted by molar-refractivity contribution is 5.82. The van der Waals surface area contributed by atoms with Gasteiger partial charge in [0.1, 0.15) is 5.78 Å². The maximum atomic E-state index is 11.4. The van der Waals surface area contributed by atoms with Crippen molar-refractivity contribution >= 4 is 11.8 Å². The number of aliphatic carboxylic acids is 1. The summed E-state index contributed by atoms with van der Waals surface area (Å²) in [6, 6.07) is 0. The summed E-state index contributed by atoms with van der Waals surface area (Å²) in [7, 11) is 0. The van der Waals surface area contributed by atoms with Gasteiger partial charge in [-0.25, -0.2) is 0 Å². The van der Waals surface area contributed by atoms with E-state index in [9.17, 15) is 9.59 Å². The number of carboxylic acids is 1. The van der Waals surface area contributed by atoms with E-state index in [-0.39, 0.29) is 18.6 Å². The molecule has 4 heteroatoms. The molecule has 0 saturated carbocycles. The number of rotatable bonds is 21. The lowest BCUT2D eigenvalue weighted by atomic mass is 10.0. The predicted molar refractivity (Wildman–Crippen MR) is 110 cm³/mol. The van der Waals surface area contributed by atoms with Gasteiger partial charge in [-0.05, 0) is 32.4 Å². The SMILES string of the molecule is CCCCCCCCCNCCCCCCCCCC(=O)CCC(=O)O. The topological polar surface area (TPSA) is 66.4 Å². The molecule has 2 N–H and O–H groups in total. The molecule has 0 radical (unpaired) electrons. The zero-order valence-electron chi connectivity index (χ0n) is 17.2. The molecule has 0 spiro atoms. The van der Waals surface area contributed by atoms with Crippen molar-refractivity contribution < 1.29 is 14.7 Å². The summed E-state index contributed by atoms with van der Waals surface area (Å²) < 4.78 is 0. The average molecular weight is 370 g/mol. The number of nitrogens with one attached hydrogen (secondary N) is 1. The van der Waals surface area contributed by atoms with Gasteiger partial charge < -0.3 is 10.4 Å². The van der Waals surface area contributed by atoms with Crippen LogP contribution in [0.2, 0.25) is 0 Å². The Morgan fingerprint density at radius 3 is 1.58 bits per heavy atom. The molecular formula is C22H43NO3. The van der Waals surface area contributed by atoms with E-state index in [0.717, 1.165) is 19.4 Å². The van der Waals surface area contributed by atoms with Gasteiger partial charge >= 0.3 is 5.97 Å². The largest absolute Gasteiger partial charge is 0.481 e. The monoisotopic (exact) mass is 369 g/mol. The molecule has 0 unspecified atom stereocenters. The summed E-state index contributed by atoms with van der Waals surface area (Å²) >= 11 is 0. The molecular weight excluding hydrogens is 326 g/mol. The average Bonchev–Trinajstić information content (AvgIpc) is 2.62. The van der Waals surface area contributed by atoms with Gasteiger partial charge in [0.05, 0.1) is 6.42 Å². The number of carbonyl (C=O) groups is 2. The predicted octanol–water partition coefficient (Wildman–Crippen LogP) is 5.88. The Hall–Kier alpha value is -0.900. The van der Waals surface area contributed by atoms with Crippen LogP contribution in [0.25, 0.3) is 0 Å². The van der Waals surface area contributed by atoms with Crippen LogP contribution in [-0.2, 0) is 9.59 Å². The van der Waals surface area contributed by atoms with E-state index in [1.807, 2.05) is 0 Å². The van der Waals surface area contributed by atoms with Crippen LogP contribution in [0.5, 0.6) is 0 Å². The van der Waals surface area contributed by atoms with E-state index < -0.39 is 5.97 Å². The minimum Gasteiger partial charge on any atom is -0.481 e. The molecule has 4 nitrogen and oxygen atoms in total. The second kappa shape index (κ2) is 20.4. The van der Waals surface area contributed by atoms with Gasteiger partial charge in [0.25, 0.3) is 0 Å². The summed E-state index contributed by atoms with van der Waals surface area (Å²) in [5, 5.41) is 12.1. The number of carbonyl (C=O) groups excluding carboxylic acids is 1. The van der Waals surface area contributed by atoms with E-state index in [1.165, 1.54) is 83.6 Å². The second-order valence-corrected chi connectivity index (χ2v) is 7.53. The molecule has 0 aromatic heterocycles. The van der Waals surface area contributed by atoms with Crippen molar-refractivity contribution in [3.8, 4) is 0 Å².